The van der Waals surface area contributed by atoms with Crippen molar-refractivity contribution in [2.24, 2.45) is 0 Å². The monoisotopic (exact) mass is 324 g/mol. The summed E-state index contributed by atoms with van der Waals surface area (Å²) >= 11 is 0. The maximum Gasteiger partial charge on any atom is 0.342 e. The molecule has 4 heteroatoms. The van der Waals surface area contributed by atoms with Crippen LogP contribution in [-0.2, 0) is 11.3 Å². The van der Waals surface area contributed by atoms with Gasteiger partial charge in [0.15, 0.2) is 0 Å². The van der Waals surface area contributed by atoms with Gasteiger partial charge in [-0.05, 0) is 42.0 Å². The Morgan fingerprint density at radius 3 is 2.54 bits per heavy atom. The van der Waals surface area contributed by atoms with Crippen LogP contribution in [0.3, 0.4) is 0 Å². The van der Waals surface area contributed by atoms with Gasteiger partial charge in [0.25, 0.3) is 0 Å². The Labute approximate surface area is 143 Å². The molecule has 1 saturated heterocycles. The molecule has 1 aromatic heterocycles. The molecular formula is C20H24N2O2. The molecule has 1 fully saturated rings. The summed E-state index contributed by atoms with van der Waals surface area (Å²) in [6, 6.07) is 11.8. The normalized spacial score (nSPS) is 14.2. The summed E-state index contributed by atoms with van der Waals surface area (Å²) < 4.78 is 5.51. The third-order valence-electron chi connectivity index (χ3n) is 4.43. The maximum atomic E-state index is 12.5. The smallest absolute Gasteiger partial charge is 0.342 e. The van der Waals surface area contributed by atoms with Gasteiger partial charge in [0.1, 0.15) is 18.0 Å². The molecular weight excluding hydrogens is 300 g/mol. The number of carbonyl (C=O) groups excluding carboxylic acids is 1. The van der Waals surface area contributed by atoms with Gasteiger partial charge in [0, 0.05) is 19.3 Å². The average molecular weight is 324 g/mol. The van der Waals surface area contributed by atoms with Crippen LogP contribution in [0.4, 0.5) is 5.82 Å². The van der Waals surface area contributed by atoms with Crippen molar-refractivity contribution in [1.82, 2.24) is 4.98 Å². The van der Waals surface area contributed by atoms with Gasteiger partial charge in [0.2, 0.25) is 0 Å². The molecule has 0 unspecified atom stereocenters. The SMILES string of the molecule is CC(C)c1ccc(COC(=O)c2cccnc2N2CCCC2)cc1. The number of rotatable bonds is 5. The molecule has 3 rings (SSSR count). The van der Waals surface area contributed by atoms with E-state index >= 15 is 0 Å². The first-order valence-electron chi connectivity index (χ1n) is 8.61. The zero-order chi connectivity index (χ0) is 16.9. The second kappa shape index (κ2) is 7.47. The van der Waals surface area contributed by atoms with Crippen LogP contribution in [0.1, 0.15) is 54.1 Å². The standard InChI is InChI=1S/C20H24N2O2/c1-15(2)17-9-7-16(8-10-17)14-24-20(23)18-6-5-11-21-19(18)22-12-3-4-13-22/h5-11,15H,3-4,12-14H2,1-2H3. The van der Waals surface area contributed by atoms with E-state index in [9.17, 15) is 4.79 Å². The Morgan fingerprint density at radius 1 is 1.17 bits per heavy atom. The molecule has 4 nitrogen and oxygen atoms in total. The fraction of sp³-hybridized carbons (Fsp3) is 0.400. The molecule has 0 saturated carbocycles. The van der Waals surface area contributed by atoms with Crippen LogP contribution >= 0.6 is 0 Å². The molecule has 0 N–H and O–H groups in total. The van der Waals surface area contributed by atoms with Crippen LogP contribution < -0.4 is 4.90 Å². The molecule has 1 aliphatic rings. The number of nitrogens with zero attached hydrogens (tertiary/aromatic N) is 2. The lowest BCUT2D eigenvalue weighted by molar-refractivity contribution is 0.0473. The highest BCUT2D eigenvalue weighted by Crippen LogP contribution is 2.23. The van der Waals surface area contributed by atoms with E-state index in [4.69, 9.17) is 4.74 Å². The Morgan fingerprint density at radius 2 is 1.88 bits per heavy atom. The van der Waals surface area contributed by atoms with E-state index in [-0.39, 0.29) is 12.6 Å². The molecule has 126 valence electrons. The number of esters is 1. The van der Waals surface area contributed by atoms with Gasteiger partial charge in [-0.1, -0.05) is 38.1 Å². The summed E-state index contributed by atoms with van der Waals surface area (Å²) in [6.45, 7) is 6.52. The van der Waals surface area contributed by atoms with Crippen molar-refractivity contribution in [3.63, 3.8) is 0 Å². The van der Waals surface area contributed by atoms with Gasteiger partial charge in [-0.25, -0.2) is 9.78 Å². The van der Waals surface area contributed by atoms with E-state index in [0.29, 0.717) is 11.5 Å². The third kappa shape index (κ3) is 3.75. The van der Waals surface area contributed by atoms with E-state index in [2.05, 4.69) is 35.9 Å². The second-order valence-electron chi connectivity index (χ2n) is 6.54. The van der Waals surface area contributed by atoms with Gasteiger partial charge in [-0.2, -0.15) is 0 Å². The predicted molar refractivity (Wildman–Crippen MR) is 95.3 cm³/mol. The summed E-state index contributed by atoms with van der Waals surface area (Å²) in [5, 5.41) is 0. The first-order chi connectivity index (χ1) is 11.6. The maximum absolute atomic E-state index is 12.5. The third-order valence-corrected chi connectivity index (χ3v) is 4.43. The fourth-order valence-electron chi connectivity index (χ4n) is 2.96. The van der Waals surface area contributed by atoms with Crippen molar-refractivity contribution in [2.75, 3.05) is 18.0 Å². The molecule has 0 amide bonds. The van der Waals surface area contributed by atoms with E-state index in [1.807, 2.05) is 12.1 Å². The van der Waals surface area contributed by atoms with E-state index in [0.717, 1.165) is 37.3 Å². The Kier molecular flexibility index (Phi) is 5.14. The largest absolute Gasteiger partial charge is 0.457 e. The van der Waals surface area contributed by atoms with Crippen LogP contribution in [0.15, 0.2) is 42.6 Å². The van der Waals surface area contributed by atoms with Crippen molar-refractivity contribution in [1.29, 1.82) is 0 Å². The lowest BCUT2D eigenvalue weighted by Gasteiger charge is -2.19. The lowest BCUT2D eigenvalue weighted by atomic mass is 10.0. The molecule has 0 aliphatic carbocycles. The minimum Gasteiger partial charge on any atom is -0.457 e. The number of aromatic nitrogens is 1. The van der Waals surface area contributed by atoms with E-state index in [1.165, 1.54) is 5.56 Å². The van der Waals surface area contributed by atoms with Crippen molar-refractivity contribution in [3.05, 3.63) is 59.3 Å². The van der Waals surface area contributed by atoms with Gasteiger partial charge in [0.05, 0.1) is 0 Å². The zero-order valence-electron chi connectivity index (χ0n) is 14.4. The molecule has 0 atom stereocenters. The van der Waals surface area contributed by atoms with Crippen molar-refractivity contribution < 1.29 is 9.53 Å². The van der Waals surface area contributed by atoms with Gasteiger partial charge >= 0.3 is 5.97 Å². The molecule has 2 heterocycles. The predicted octanol–water partition coefficient (Wildman–Crippen LogP) is 4.16. The quantitative estimate of drug-likeness (QED) is 0.775. The molecule has 0 radical (unpaired) electrons. The summed E-state index contributed by atoms with van der Waals surface area (Å²) in [4.78, 5) is 19.0. The van der Waals surface area contributed by atoms with Crippen molar-refractivity contribution >= 4 is 11.8 Å². The van der Waals surface area contributed by atoms with Crippen LogP contribution in [0.25, 0.3) is 0 Å². The van der Waals surface area contributed by atoms with Crippen LogP contribution in [0.5, 0.6) is 0 Å². The molecule has 24 heavy (non-hydrogen) atoms. The van der Waals surface area contributed by atoms with Crippen LogP contribution in [0.2, 0.25) is 0 Å². The Balaban J connectivity index is 1.67. The van der Waals surface area contributed by atoms with Crippen LogP contribution in [0, 0.1) is 0 Å². The van der Waals surface area contributed by atoms with Crippen molar-refractivity contribution in [2.45, 2.75) is 39.2 Å². The molecule has 1 aromatic carbocycles. The number of ether oxygens (including phenoxy) is 1. The molecule has 0 spiro atoms. The highest BCUT2D eigenvalue weighted by molar-refractivity contribution is 5.94. The highest BCUT2D eigenvalue weighted by Gasteiger charge is 2.21. The minimum atomic E-state index is -0.307. The lowest BCUT2D eigenvalue weighted by Crippen LogP contribution is -2.22. The number of benzene rings is 1. The summed E-state index contributed by atoms with van der Waals surface area (Å²) in [7, 11) is 0. The number of anilines is 1. The fourth-order valence-corrected chi connectivity index (χ4v) is 2.96. The van der Waals surface area contributed by atoms with Gasteiger partial charge in [-0.15, -0.1) is 0 Å². The molecule has 0 bridgehead atoms. The van der Waals surface area contributed by atoms with E-state index < -0.39 is 0 Å². The topological polar surface area (TPSA) is 42.4 Å². The number of hydrogen-bond acceptors (Lipinski definition) is 4. The summed E-state index contributed by atoms with van der Waals surface area (Å²) in [5.74, 6) is 0.938. The number of carbonyl (C=O) groups is 1. The first-order valence-corrected chi connectivity index (χ1v) is 8.61. The summed E-state index contributed by atoms with van der Waals surface area (Å²) in [5.41, 5.74) is 2.84. The first kappa shape index (κ1) is 16.5. The van der Waals surface area contributed by atoms with Gasteiger partial charge < -0.3 is 9.64 Å². The number of hydrogen-bond donors (Lipinski definition) is 0. The molecule has 2 aromatic rings. The summed E-state index contributed by atoms with van der Waals surface area (Å²) in [6.07, 6.45) is 4.02. The highest BCUT2D eigenvalue weighted by atomic mass is 16.5. The Hall–Kier alpha value is -2.36. The van der Waals surface area contributed by atoms with Crippen LogP contribution in [-0.4, -0.2) is 24.0 Å². The van der Waals surface area contributed by atoms with Gasteiger partial charge in [-0.3, -0.25) is 0 Å². The second-order valence-corrected chi connectivity index (χ2v) is 6.54. The van der Waals surface area contributed by atoms with Crippen molar-refractivity contribution in [3.8, 4) is 0 Å². The molecule has 1 aliphatic heterocycles. The minimum absolute atomic E-state index is 0.283. The Bertz CT molecular complexity index is 689. The zero-order valence-corrected chi connectivity index (χ0v) is 14.4. The number of pyridine rings is 1. The average Bonchev–Trinajstić information content (AvgIpc) is 3.14. The van der Waals surface area contributed by atoms with E-state index in [1.54, 1.807) is 18.3 Å².